The predicted molar refractivity (Wildman–Crippen MR) is 103 cm³/mol. The first-order valence-electron chi connectivity index (χ1n) is 8.52. The molecule has 0 spiro atoms. The summed E-state index contributed by atoms with van der Waals surface area (Å²) in [4.78, 5) is 11.4. The molecule has 0 aliphatic rings. The van der Waals surface area contributed by atoms with Gasteiger partial charge >= 0.3 is 5.97 Å². The number of carbonyl (C=O) groups is 1. The van der Waals surface area contributed by atoms with E-state index in [1.807, 2.05) is 36.4 Å². The molecule has 4 heteroatoms. The van der Waals surface area contributed by atoms with E-state index < -0.39 is 12.1 Å². The Balaban J connectivity index is 1.87. The summed E-state index contributed by atoms with van der Waals surface area (Å²) in [6.07, 6.45) is -0.919. The minimum atomic E-state index is -0.919. The van der Waals surface area contributed by atoms with Gasteiger partial charge in [0.2, 0.25) is 0 Å². The van der Waals surface area contributed by atoms with Crippen LogP contribution in [0.3, 0.4) is 0 Å². The maximum Gasteiger partial charge on any atom is 0.333 e. The third-order valence-corrected chi connectivity index (χ3v) is 4.25. The minimum absolute atomic E-state index is 0.0283. The second-order valence-electron chi connectivity index (χ2n) is 6.44. The van der Waals surface area contributed by atoms with Crippen molar-refractivity contribution < 1.29 is 19.4 Å². The van der Waals surface area contributed by atoms with Crippen molar-refractivity contribution in [3.8, 4) is 5.75 Å². The monoisotopic (exact) mass is 350 g/mol. The fourth-order valence-corrected chi connectivity index (χ4v) is 2.88. The number of carbonyl (C=O) groups excluding carboxylic acids is 1. The van der Waals surface area contributed by atoms with Gasteiger partial charge in [0, 0.05) is 16.3 Å². The van der Waals surface area contributed by atoms with E-state index in [0.29, 0.717) is 5.57 Å². The molecule has 26 heavy (non-hydrogen) atoms. The number of aryl methyl sites for hydroxylation is 1. The first kappa shape index (κ1) is 18.0. The van der Waals surface area contributed by atoms with Gasteiger partial charge in [-0.3, -0.25) is 0 Å². The highest BCUT2D eigenvalue weighted by atomic mass is 16.5. The van der Waals surface area contributed by atoms with E-state index in [-0.39, 0.29) is 13.2 Å². The summed E-state index contributed by atoms with van der Waals surface area (Å²) in [5.74, 6) is 0.211. The molecule has 3 aromatic carbocycles. The Labute approximate surface area is 152 Å². The van der Waals surface area contributed by atoms with Crippen molar-refractivity contribution >= 4 is 27.5 Å². The molecule has 0 heterocycles. The maximum atomic E-state index is 11.4. The number of ether oxygens (including phenoxy) is 2. The number of hydrogen-bond acceptors (Lipinski definition) is 4. The molecule has 0 aromatic heterocycles. The number of fused-ring (bicyclic) bond motifs is 2. The number of rotatable bonds is 6. The number of benzene rings is 3. The smallest absolute Gasteiger partial charge is 0.333 e. The zero-order valence-corrected chi connectivity index (χ0v) is 15.0. The van der Waals surface area contributed by atoms with Crippen LogP contribution in [0.25, 0.3) is 21.5 Å². The van der Waals surface area contributed by atoms with Crippen molar-refractivity contribution in [2.45, 2.75) is 20.0 Å². The van der Waals surface area contributed by atoms with E-state index in [0.717, 1.165) is 32.9 Å². The van der Waals surface area contributed by atoms with Crippen molar-refractivity contribution in [2.24, 2.45) is 0 Å². The topological polar surface area (TPSA) is 55.8 Å². The largest absolute Gasteiger partial charge is 0.489 e. The number of esters is 1. The fourth-order valence-electron chi connectivity index (χ4n) is 2.88. The standard InChI is InChI=1S/C22H22O4/c1-14(2)22(24)26-13-17(23)12-25-21-18-9-5-4-8-16(18)11-20-15(3)7-6-10-19(20)21/h4-11,17,23H,1,12-13H2,2-3H3. The van der Waals surface area contributed by atoms with Crippen LogP contribution in [0.2, 0.25) is 0 Å². The van der Waals surface area contributed by atoms with Crippen LogP contribution >= 0.6 is 0 Å². The summed E-state index contributed by atoms with van der Waals surface area (Å²) in [7, 11) is 0. The highest BCUT2D eigenvalue weighted by Crippen LogP contribution is 2.36. The molecule has 0 saturated carbocycles. The van der Waals surface area contributed by atoms with Gasteiger partial charge in [-0.1, -0.05) is 49.0 Å². The SMILES string of the molecule is C=C(C)C(=O)OCC(O)COc1c2ccccc2cc2c(C)cccc12. The molecule has 134 valence electrons. The zero-order chi connectivity index (χ0) is 18.7. The van der Waals surface area contributed by atoms with E-state index in [2.05, 4.69) is 25.6 Å². The summed E-state index contributed by atoms with van der Waals surface area (Å²) in [5.41, 5.74) is 1.46. The molecular formula is C22H22O4. The third-order valence-electron chi connectivity index (χ3n) is 4.25. The van der Waals surface area contributed by atoms with Crippen molar-refractivity contribution in [2.75, 3.05) is 13.2 Å². The Morgan fingerprint density at radius 2 is 1.81 bits per heavy atom. The lowest BCUT2D eigenvalue weighted by Gasteiger charge is -2.17. The van der Waals surface area contributed by atoms with Crippen LogP contribution in [0.4, 0.5) is 0 Å². The van der Waals surface area contributed by atoms with Gasteiger partial charge < -0.3 is 14.6 Å². The van der Waals surface area contributed by atoms with Crippen LogP contribution in [0, 0.1) is 6.92 Å². The molecule has 1 unspecified atom stereocenters. The van der Waals surface area contributed by atoms with Gasteiger partial charge in [-0.25, -0.2) is 4.79 Å². The molecule has 0 fully saturated rings. The minimum Gasteiger partial charge on any atom is -0.489 e. The van der Waals surface area contributed by atoms with Gasteiger partial charge in [-0.2, -0.15) is 0 Å². The lowest BCUT2D eigenvalue weighted by Crippen LogP contribution is -2.25. The second-order valence-corrected chi connectivity index (χ2v) is 6.44. The molecule has 0 radical (unpaired) electrons. The molecule has 1 N–H and O–H groups in total. The van der Waals surface area contributed by atoms with Crippen LogP contribution in [0.1, 0.15) is 12.5 Å². The Hall–Kier alpha value is -2.85. The number of aliphatic hydroxyl groups is 1. The van der Waals surface area contributed by atoms with E-state index in [1.165, 1.54) is 0 Å². The predicted octanol–water partition coefficient (Wildman–Crippen LogP) is 4.16. The van der Waals surface area contributed by atoms with Crippen LogP contribution in [0.5, 0.6) is 5.75 Å². The normalized spacial score (nSPS) is 12.1. The van der Waals surface area contributed by atoms with E-state index in [9.17, 15) is 9.90 Å². The van der Waals surface area contributed by atoms with Crippen LogP contribution in [-0.4, -0.2) is 30.4 Å². The summed E-state index contributed by atoms with van der Waals surface area (Å²) in [6.45, 7) is 7.04. The third kappa shape index (κ3) is 3.70. The first-order chi connectivity index (χ1) is 12.5. The highest BCUT2D eigenvalue weighted by molar-refractivity contribution is 6.06. The van der Waals surface area contributed by atoms with Crippen molar-refractivity contribution in [3.63, 3.8) is 0 Å². The molecule has 0 aliphatic heterocycles. The van der Waals surface area contributed by atoms with Gasteiger partial charge in [0.1, 0.15) is 25.1 Å². The lowest BCUT2D eigenvalue weighted by molar-refractivity contribution is -0.142. The zero-order valence-electron chi connectivity index (χ0n) is 15.0. The lowest BCUT2D eigenvalue weighted by atomic mass is 9.99. The number of hydrogen-bond donors (Lipinski definition) is 1. The summed E-state index contributed by atoms with van der Waals surface area (Å²) >= 11 is 0. The molecule has 3 rings (SSSR count). The van der Waals surface area contributed by atoms with E-state index in [1.54, 1.807) is 6.92 Å². The summed E-state index contributed by atoms with van der Waals surface area (Å²) in [5, 5.41) is 14.3. The number of aliphatic hydroxyl groups excluding tert-OH is 1. The average molecular weight is 350 g/mol. The first-order valence-corrected chi connectivity index (χ1v) is 8.52. The fraction of sp³-hybridized carbons (Fsp3) is 0.227. The Bertz CT molecular complexity index is 974. The highest BCUT2D eigenvalue weighted by Gasteiger charge is 2.14. The second kappa shape index (κ2) is 7.58. The molecule has 4 nitrogen and oxygen atoms in total. The van der Waals surface area contributed by atoms with Gasteiger partial charge in [0.05, 0.1) is 0 Å². The molecule has 0 saturated heterocycles. The van der Waals surface area contributed by atoms with Gasteiger partial charge in [0.15, 0.2) is 0 Å². The molecule has 3 aromatic rings. The molecule has 0 aliphatic carbocycles. The van der Waals surface area contributed by atoms with E-state index >= 15 is 0 Å². The van der Waals surface area contributed by atoms with Crippen LogP contribution < -0.4 is 4.74 Å². The van der Waals surface area contributed by atoms with Gasteiger partial charge in [-0.05, 0) is 36.2 Å². The van der Waals surface area contributed by atoms with Gasteiger partial charge in [-0.15, -0.1) is 0 Å². The van der Waals surface area contributed by atoms with Gasteiger partial charge in [0.25, 0.3) is 0 Å². The van der Waals surface area contributed by atoms with Crippen molar-refractivity contribution in [1.29, 1.82) is 0 Å². The van der Waals surface area contributed by atoms with Crippen molar-refractivity contribution in [1.82, 2.24) is 0 Å². The Morgan fingerprint density at radius 3 is 2.58 bits per heavy atom. The Morgan fingerprint density at radius 1 is 1.08 bits per heavy atom. The Kier molecular flexibility index (Phi) is 5.24. The summed E-state index contributed by atoms with van der Waals surface area (Å²) in [6, 6.07) is 16.2. The summed E-state index contributed by atoms with van der Waals surface area (Å²) < 4.78 is 11.0. The maximum absolute atomic E-state index is 11.4. The quantitative estimate of drug-likeness (QED) is 0.412. The van der Waals surface area contributed by atoms with Crippen LogP contribution in [-0.2, 0) is 9.53 Å². The van der Waals surface area contributed by atoms with Crippen molar-refractivity contribution in [3.05, 3.63) is 66.2 Å². The van der Waals surface area contributed by atoms with Crippen LogP contribution in [0.15, 0.2) is 60.7 Å². The average Bonchev–Trinajstić information content (AvgIpc) is 2.63. The molecule has 0 bridgehead atoms. The molecular weight excluding hydrogens is 328 g/mol. The molecule has 0 amide bonds. The molecule has 1 atom stereocenters. The van der Waals surface area contributed by atoms with E-state index in [4.69, 9.17) is 9.47 Å².